The van der Waals surface area contributed by atoms with E-state index in [1.54, 1.807) is 11.3 Å². The molecular weight excluding hydrogens is 256 g/mol. The van der Waals surface area contributed by atoms with Crippen LogP contribution in [0.15, 0.2) is 20.7 Å². The van der Waals surface area contributed by atoms with Gasteiger partial charge in [-0.05, 0) is 38.5 Å². The van der Waals surface area contributed by atoms with Gasteiger partial charge in [0.05, 0.1) is 10.3 Å². The summed E-state index contributed by atoms with van der Waals surface area (Å²) in [4.78, 5) is 12.1. The van der Waals surface area contributed by atoms with Gasteiger partial charge in [-0.1, -0.05) is 0 Å². The van der Waals surface area contributed by atoms with Crippen LogP contribution in [0.4, 0.5) is 0 Å². The maximum Gasteiger partial charge on any atom is 0.361 e. The van der Waals surface area contributed by atoms with Crippen LogP contribution in [0.3, 0.4) is 0 Å². The van der Waals surface area contributed by atoms with Crippen LogP contribution >= 0.6 is 27.3 Å². The highest BCUT2D eigenvalue weighted by Crippen LogP contribution is 2.21. The van der Waals surface area contributed by atoms with Crippen LogP contribution in [-0.4, -0.2) is 20.2 Å². The molecule has 0 aliphatic rings. The van der Waals surface area contributed by atoms with E-state index in [0.717, 1.165) is 8.66 Å². The molecule has 2 aromatic rings. The fourth-order valence-corrected chi connectivity index (χ4v) is 2.37. The summed E-state index contributed by atoms with van der Waals surface area (Å²) in [5.74, 6) is 0. The maximum absolute atomic E-state index is 11.0. The van der Waals surface area contributed by atoms with E-state index in [-0.39, 0.29) is 5.69 Å². The summed E-state index contributed by atoms with van der Waals surface area (Å²) < 4.78 is 2.32. The van der Waals surface area contributed by atoms with E-state index in [9.17, 15) is 4.79 Å². The molecule has 68 valence electrons. The molecular formula is C6H5BrN4OS. The van der Waals surface area contributed by atoms with Gasteiger partial charge >= 0.3 is 5.69 Å². The molecule has 0 radical (unpaired) electrons. The Labute approximate surface area is 85.5 Å². The predicted molar refractivity (Wildman–Crippen MR) is 51.8 cm³/mol. The number of H-pyrrole nitrogens is 1. The van der Waals surface area contributed by atoms with E-state index in [2.05, 4.69) is 31.5 Å². The Balaban J connectivity index is 2.24. The number of hydrogen-bond donors (Lipinski definition) is 1. The molecule has 0 unspecified atom stereocenters. The Hall–Kier alpha value is -0.950. The molecule has 0 aliphatic carbocycles. The third-order valence-electron chi connectivity index (χ3n) is 1.47. The Bertz CT molecular complexity index is 459. The number of aromatic amines is 1. The van der Waals surface area contributed by atoms with Crippen molar-refractivity contribution in [1.29, 1.82) is 0 Å². The fourth-order valence-electron chi connectivity index (χ4n) is 0.905. The van der Waals surface area contributed by atoms with Gasteiger partial charge in [-0.3, -0.25) is 0 Å². The quantitative estimate of drug-likeness (QED) is 0.871. The van der Waals surface area contributed by atoms with Crippen molar-refractivity contribution in [2.75, 3.05) is 0 Å². The molecule has 0 bridgehead atoms. The summed E-state index contributed by atoms with van der Waals surface area (Å²) in [6.45, 7) is 0.464. The Morgan fingerprint density at radius 3 is 3.00 bits per heavy atom. The number of aromatic nitrogens is 4. The molecule has 5 nitrogen and oxygen atoms in total. The lowest BCUT2D eigenvalue weighted by Gasteiger charge is -1.92. The number of halogens is 1. The molecule has 0 fully saturated rings. The van der Waals surface area contributed by atoms with E-state index in [4.69, 9.17) is 0 Å². The molecule has 2 aromatic heterocycles. The highest BCUT2D eigenvalue weighted by Gasteiger charge is 2.02. The number of nitrogens with zero attached hydrogens (tertiary/aromatic N) is 3. The van der Waals surface area contributed by atoms with Crippen LogP contribution < -0.4 is 5.69 Å². The first-order valence-corrected chi connectivity index (χ1v) is 5.09. The van der Waals surface area contributed by atoms with Crippen LogP contribution in [0.25, 0.3) is 0 Å². The number of hydrogen-bond acceptors (Lipinski definition) is 4. The first-order valence-electron chi connectivity index (χ1n) is 3.48. The summed E-state index contributed by atoms with van der Waals surface area (Å²) in [5, 5.41) is 9.24. The van der Waals surface area contributed by atoms with Gasteiger partial charge in [-0.25, -0.2) is 9.89 Å². The van der Waals surface area contributed by atoms with Crippen LogP contribution in [-0.2, 0) is 6.54 Å². The average molecular weight is 261 g/mol. The highest BCUT2D eigenvalue weighted by atomic mass is 79.9. The monoisotopic (exact) mass is 260 g/mol. The topological polar surface area (TPSA) is 63.6 Å². The lowest BCUT2D eigenvalue weighted by Crippen LogP contribution is -2.18. The second kappa shape index (κ2) is 3.43. The average Bonchev–Trinajstić information content (AvgIpc) is 2.64. The summed E-state index contributed by atoms with van der Waals surface area (Å²) in [6.07, 6.45) is 0. The zero-order valence-electron chi connectivity index (χ0n) is 6.40. The van der Waals surface area contributed by atoms with Crippen LogP contribution in [0.5, 0.6) is 0 Å². The number of rotatable bonds is 2. The third-order valence-corrected chi connectivity index (χ3v) is 3.08. The van der Waals surface area contributed by atoms with Crippen molar-refractivity contribution in [3.8, 4) is 0 Å². The molecule has 0 saturated carbocycles. The first kappa shape index (κ1) is 8.64. The van der Waals surface area contributed by atoms with Gasteiger partial charge in [0, 0.05) is 4.88 Å². The van der Waals surface area contributed by atoms with Crippen molar-refractivity contribution in [2.24, 2.45) is 0 Å². The van der Waals surface area contributed by atoms with Crippen LogP contribution in [0.2, 0.25) is 0 Å². The van der Waals surface area contributed by atoms with Gasteiger partial charge in [0.25, 0.3) is 0 Å². The smallest absolute Gasteiger partial charge is 0.245 e. The second-order valence-electron chi connectivity index (χ2n) is 2.37. The number of thiophene rings is 1. The Morgan fingerprint density at radius 2 is 2.46 bits per heavy atom. The molecule has 0 spiro atoms. The zero-order chi connectivity index (χ0) is 9.26. The Kier molecular flexibility index (Phi) is 2.28. The summed E-state index contributed by atoms with van der Waals surface area (Å²) in [6, 6.07) is 3.88. The Morgan fingerprint density at radius 1 is 1.62 bits per heavy atom. The summed E-state index contributed by atoms with van der Waals surface area (Å²) >= 11 is 4.91. The molecule has 1 N–H and O–H groups in total. The van der Waals surface area contributed by atoms with Gasteiger partial charge in [-0.2, -0.15) is 4.68 Å². The minimum atomic E-state index is -0.287. The van der Waals surface area contributed by atoms with Crippen LogP contribution in [0, 0.1) is 0 Å². The molecule has 0 saturated heterocycles. The van der Waals surface area contributed by atoms with E-state index in [1.807, 2.05) is 12.1 Å². The first-order chi connectivity index (χ1) is 6.25. The molecule has 0 amide bonds. The van der Waals surface area contributed by atoms with E-state index in [1.165, 1.54) is 4.68 Å². The predicted octanol–water partition coefficient (Wildman–Crippen LogP) is 0.839. The van der Waals surface area contributed by atoms with E-state index in [0.29, 0.717) is 6.54 Å². The largest absolute Gasteiger partial charge is 0.361 e. The van der Waals surface area contributed by atoms with Crippen molar-refractivity contribution < 1.29 is 0 Å². The number of nitrogens with one attached hydrogen (secondary N) is 1. The van der Waals surface area contributed by atoms with E-state index < -0.39 is 0 Å². The minimum Gasteiger partial charge on any atom is -0.245 e. The normalized spacial score (nSPS) is 10.5. The third kappa shape index (κ3) is 1.86. The van der Waals surface area contributed by atoms with Gasteiger partial charge in [0.2, 0.25) is 0 Å². The van der Waals surface area contributed by atoms with Crippen molar-refractivity contribution >= 4 is 27.3 Å². The fraction of sp³-hybridized carbons (Fsp3) is 0.167. The van der Waals surface area contributed by atoms with Crippen LogP contribution in [0.1, 0.15) is 4.88 Å². The van der Waals surface area contributed by atoms with E-state index >= 15 is 0 Å². The summed E-state index contributed by atoms with van der Waals surface area (Å²) in [7, 11) is 0. The minimum absolute atomic E-state index is 0.287. The van der Waals surface area contributed by atoms with Crippen molar-refractivity contribution in [3.05, 3.63) is 31.3 Å². The molecule has 13 heavy (non-hydrogen) atoms. The lowest BCUT2D eigenvalue weighted by atomic mass is 10.5. The van der Waals surface area contributed by atoms with Crippen molar-refractivity contribution in [1.82, 2.24) is 20.2 Å². The SMILES string of the molecule is O=c1[nH]nnn1Cc1ccc(Br)s1. The zero-order valence-corrected chi connectivity index (χ0v) is 8.80. The van der Waals surface area contributed by atoms with Crippen molar-refractivity contribution in [2.45, 2.75) is 6.54 Å². The van der Waals surface area contributed by atoms with Gasteiger partial charge in [-0.15, -0.1) is 11.3 Å². The van der Waals surface area contributed by atoms with Gasteiger partial charge in [0.1, 0.15) is 0 Å². The standard InChI is InChI=1S/C6H5BrN4OS/c7-5-2-1-4(13-5)3-11-6(12)8-9-10-11/h1-2H,3H2,(H,8,10,12). The number of tetrazole rings is 1. The van der Waals surface area contributed by atoms with Gasteiger partial charge in [0.15, 0.2) is 0 Å². The van der Waals surface area contributed by atoms with Crippen molar-refractivity contribution in [3.63, 3.8) is 0 Å². The summed E-state index contributed by atoms with van der Waals surface area (Å²) in [5.41, 5.74) is -0.287. The molecule has 0 aromatic carbocycles. The lowest BCUT2D eigenvalue weighted by molar-refractivity contribution is 0.638. The molecule has 7 heteroatoms. The molecule has 0 atom stereocenters. The van der Waals surface area contributed by atoms with Gasteiger partial charge < -0.3 is 0 Å². The highest BCUT2D eigenvalue weighted by molar-refractivity contribution is 9.11. The maximum atomic E-state index is 11.0. The molecule has 2 rings (SSSR count). The molecule has 2 heterocycles. The second-order valence-corrected chi connectivity index (χ2v) is 4.92. The molecule has 0 aliphatic heterocycles.